The number of nitro groups is 1. The van der Waals surface area contributed by atoms with E-state index in [1.807, 2.05) is 0 Å². The number of nitrogens with zero attached hydrogens (tertiary/aromatic N) is 2. The van der Waals surface area contributed by atoms with Gasteiger partial charge in [-0.1, -0.05) is 24.7 Å². The number of hydrogen-bond acceptors (Lipinski definition) is 6. The summed E-state index contributed by atoms with van der Waals surface area (Å²) < 4.78 is 6.31. The van der Waals surface area contributed by atoms with Crippen LogP contribution in [0.15, 0.2) is 18.2 Å². The van der Waals surface area contributed by atoms with Crippen LogP contribution in [0.4, 0.5) is 10.8 Å². The average molecular weight is 309 g/mol. The van der Waals surface area contributed by atoms with Gasteiger partial charge in [-0.25, -0.2) is 4.98 Å². The van der Waals surface area contributed by atoms with Gasteiger partial charge in [0.1, 0.15) is 0 Å². The summed E-state index contributed by atoms with van der Waals surface area (Å²) >= 11 is 1.43. The molecule has 7 heteroatoms. The lowest BCUT2D eigenvalue weighted by molar-refractivity contribution is -0.384. The van der Waals surface area contributed by atoms with Crippen molar-refractivity contribution >= 4 is 32.4 Å². The van der Waals surface area contributed by atoms with Crippen molar-refractivity contribution in [1.82, 2.24) is 4.98 Å². The van der Waals surface area contributed by atoms with Crippen molar-refractivity contribution in [2.45, 2.75) is 26.2 Å². The molecule has 6 nitrogen and oxygen atoms in total. The predicted octanol–water partition coefficient (Wildman–Crippen LogP) is 3.82. The highest BCUT2D eigenvalue weighted by Crippen LogP contribution is 2.28. The number of rotatable bonds is 9. The van der Waals surface area contributed by atoms with Gasteiger partial charge >= 0.3 is 0 Å². The minimum Gasteiger partial charge on any atom is -0.381 e. The Bertz CT molecular complexity index is 600. The first kappa shape index (κ1) is 15.7. The van der Waals surface area contributed by atoms with E-state index >= 15 is 0 Å². The first-order chi connectivity index (χ1) is 10.2. The summed E-state index contributed by atoms with van der Waals surface area (Å²) in [6, 6.07) is 4.72. The summed E-state index contributed by atoms with van der Waals surface area (Å²) in [6.07, 6.45) is 3.17. The molecule has 0 saturated carbocycles. The molecule has 0 aliphatic rings. The molecule has 0 radical (unpaired) electrons. The van der Waals surface area contributed by atoms with Crippen molar-refractivity contribution in [2.24, 2.45) is 0 Å². The number of non-ortho nitro benzene ring substituents is 1. The van der Waals surface area contributed by atoms with Crippen molar-refractivity contribution in [3.8, 4) is 0 Å². The average Bonchev–Trinajstić information content (AvgIpc) is 2.88. The maximum absolute atomic E-state index is 10.7. The molecule has 21 heavy (non-hydrogen) atoms. The fourth-order valence-corrected chi connectivity index (χ4v) is 2.74. The smallest absolute Gasteiger partial charge is 0.270 e. The van der Waals surface area contributed by atoms with Crippen LogP contribution < -0.4 is 5.32 Å². The van der Waals surface area contributed by atoms with E-state index in [2.05, 4.69) is 17.2 Å². The van der Waals surface area contributed by atoms with Crippen molar-refractivity contribution in [2.75, 3.05) is 25.1 Å². The van der Waals surface area contributed by atoms with Crippen LogP contribution in [0, 0.1) is 10.1 Å². The number of ether oxygens (including phenoxy) is 1. The molecular formula is C14H19N3O3S. The second kappa shape index (κ2) is 7.90. The molecule has 0 bridgehead atoms. The van der Waals surface area contributed by atoms with Gasteiger partial charge in [0.2, 0.25) is 0 Å². The Morgan fingerprint density at radius 2 is 2.19 bits per heavy atom. The molecule has 0 atom stereocenters. The maximum atomic E-state index is 10.7. The molecule has 114 valence electrons. The van der Waals surface area contributed by atoms with Gasteiger partial charge in [0, 0.05) is 31.9 Å². The molecule has 0 amide bonds. The van der Waals surface area contributed by atoms with E-state index in [4.69, 9.17) is 4.74 Å². The molecular weight excluding hydrogens is 290 g/mol. The highest BCUT2D eigenvalue weighted by Gasteiger charge is 2.09. The number of hydrogen-bond donors (Lipinski definition) is 1. The van der Waals surface area contributed by atoms with Gasteiger partial charge in [0.15, 0.2) is 5.13 Å². The number of benzene rings is 1. The van der Waals surface area contributed by atoms with Crippen LogP contribution in [-0.4, -0.2) is 29.7 Å². The van der Waals surface area contributed by atoms with E-state index in [9.17, 15) is 10.1 Å². The maximum Gasteiger partial charge on any atom is 0.270 e. The Hall–Kier alpha value is -1.73. The third-order valence-electron chi connectivity index (χ3n) is 2.97. The van der Waals surface area contributed by atoms with Crippen LogP contribution in [0.1, 0.15) is 26.2 Å². The molecule has 0 fully saturated rings. The fraction of sp³-hybridized carbons (Fsp3) is 0.500. The molecule has 0 aliphatic carbocycles. The van der Waals surface area contributed by atoms with Gasteiger partial charge in [-0.2, -0.15) is 0 Å². The summed E-state index contributed by atoms with van der Waals surface area (Å²) in [5, 5.41) is 14.8. The van der Waals surface area contributed by atoms with E-state index < -0.39 is 0 Å². The zero-order valence-corrected chi connectivity index (χ0v) is 12.8. The highest BCUT2D eigenvalue weighted by atomic mass is 32.1. The fourth-order valence-electron chi connectivity index (χ4n) is 1.82. The monoisotopic (exact) mass is 309 g/mol. The second-order valence-corrected chi connectivity index (χ2v) is 5.71. The standard InChI is InChI=1S/C14H19N3O3S/c1-2-3-8-20-9-4-7-15-14-16-12-6-5-11(17(18)19)10-13(12)21-14/h5-6,10H,2-4,7-9H2,1H3,(H,15,16). The van der Waals surface area contributed by atoms with Crippen molar-refractivity contribution in [3.63, 3.8) is 0 Å². The topological polar surface area (TPSA) is 77.3 Å². The number of unbranched alkanes of at least 4 members (excludes halogenated alkanes) is 1. The van der Waals surface area contributed by atoms with Crippen LogP contribution >= 0.6 is 11.3 Å². The van der Waals surface area contributed by atoms with Gasteiger partial charge in [0.05, 0.1) is 15.1 Å². The SMILES string of the molecule is CCCCOCCCNc1nc2ccc([N+](=O)[O-])cc2s1. The number of nitro benzene ring substituents is 1. The molecule has 0 aliphatic heterocycles. The zero-order chi connectivity index (χ0) is 15.1. The molecule has 1 heterocycles. The zero-order valence-electron chi connectivity index (χ0n) is 12.0. The van der Waals surface area contributed by atoms with Gasteiger partial charge < -0.3 is 10.1 Å². The van der Waals surface area contributed by atoms with Gasteiger partial charge in [-0.15, -0.1) is 0 Å². The lowest BCUT2D eigenvalue weighted by atomic mass is 10.3. The summed E-state index contributed by atoms with van der Waals surface area (Å²) in [5.74, 6) is 0. The predicted molar refractivity (Wildman–Crippen MR) is 85.1 cm³/mol. The van der Waals surface area contributed by atoms with E-state index in [1.165, 1.54) is 17.4 Å². The number of anilines is 1. The molecule has 1 aromatic carbocycles. The Morgan fingerprint density at radius 1 is 1.38 bits per heavy atom. The normalized spacial score (nSPS) is 10.9. The lowest BCUT2D eigenvalue weighted by Gasteiger charge is -2.03. The Labute approximate surface area is 127 Å². The number of fused-ring (bicyclic) bond motifs is 1. The largest absolute Gasteiger partial charge is 0.381 e. The van der Waals surface area contributed by atoms with Crippen LogP contribution in [0.5, 0.6) is 0 Å². The lowest BCUT2D eigenvalue weighted by Crippen LogP contribution is -2.05. The van der Waals surface area contributed by atoms with E-state index in [1.54, 1.807) is 12.1 Å². The summed E-state index contributed by atoms with van der Waals surface area (Å²) in [4.78, 5) is 14.7. The highest BCUT2D eigenvalue weighted by molar-refractivity contribution is 7.22. The van der Waals surface area contributed by atoms with Crippen molar-refractivity contribution < 1.29 is 9.66 Å². The molecule has 0 saturated heterocycles. The Balaban J connectivity index is 1.81. The second-order valence-electron chi connectivity index (χ2n) is 4.67. The Kier molecular flexibility index (Phi) is 5.89. The minimum absolute atomic E-state index is 0.0991. The van der Waals surface area contributed by atoms with E-state index in [0.717, 1.165) is 54.4 Å². The number of thiazole rings is 1. The molecule has 0 unspecified atom stereocenters. The van der Waals surface area contributed by atoms with Crippen LogP contribution in [0.2, 0.25) is 0 Å². The van der Waals surface area contributed by atoms with Gasteiger partial charge in [-0.3, -0.25) is 10.1 Å². The quantitative estimate of drug-likeness (QED) is 0.433. The first-order valence-corrected chi connectivity index (χ1v) is 7.89. The Morgan fingerprint density at radius 3 is 2.95 bits per heavy atom. The molecule has 0 spiro atoms. The van der Waals surface area contributed by atoms with Crippen molar-refractivity contribution in [3.05, 3.63) is 28.3 Å². The summed E-state index contributed by atoms with van der Waals surface area (Å²) in [7, 11) is 0. The molecule has 2 rings (SSSR count). The molecule has 2 aromatic rings. The third kappa shape index (κ3) is 4.64. The summed E-state index contributed by atoms with van der Waals surface area (Å²) in [6.45, 7) is 4.49. The van der Waals surface area contributed by atoms with Gasteiger partial charge in [-0.05, 0) is 18.9 Å². The van der Waals surface area contributed by atoms with Crippen LogP contribution in [0.3, 0.4) is 0 Å². The third-order valence-corrected chi connectivity index (χ3v) is 3.94. The number of nitrogens with one attached hydrogen (secondary N) is 1. The molecule has 1 N–H and O–H groups in total. The minimum atomic E-state index is -0.389. The molecule has 1 aromatic heterocycles. The van der Waals surface area contributed by atoms with E-state index in [-0.39, 0.29) is 10.6 Å². The van der Waals surface area contributed by atoms with E-state index in [0.29, 0.717) is 0 Å². The van der Waals surface area contributed by atoms with Crippen molar-refractivity contribution in [1.29, 1.82) is 0 Å². The summed E-state index contributed by atoms with van der Waals surface area (Å²) in [5.41, 5.74) is 0.884. The van der Waals surface area contributed by atoms with Crippen LogP contribution in [0.25, 0.3) is 10.2 Å². The van der Waals surface area contributed by atoms with Gasteiger partial charge in [0.25, 0.3) is 5.69 Å². The van der Waals surface area contributed by atoms with Crippen LogP contribution in [-0.2, 0) is 4.74 Å². The first-order valence-electron chi connectivity index (χ1n) is 7.07. The number of aromatic nitrogens is 1.